The molecule has 2 aromatic rings. The van der Waals surface area contributed by atoms with Crippen LogP contribution in [0, 0.1) is 0 Å². The molecular weight excluding hydrogens is 379 g/mol. The Morgan fingerprint density at radius 3 is 2.48 bits per heavy atom. The summed E-state index contributed by atoms with van der Waals surface area (Å²) in [4.78, 5) is 0. The maximum absolute atomic E-state index is 2.50. The van der Waals surface area contributed by atoms with Crippen LogP contribution in [0.2, 0.25) is 0 Å². The standard InChI is InChI=1S/C13H9.C6H10.C5H5.Zr/c1-3-7-12-10(5-1)9-11-6-2-4-8-13(11)12;1-2-4-6-5-3-1;1-2-4-5-3-1;/h1-5,7-8H,9H2;1-5H2;1-3H,4H2;. The molecule has 0 spiro atoms. The number of hydrogen-bond donors (Lipinski definition) is 0. The number of rotatable bonds is 2. The summed E-state index contributed by atoms with van der Waals surface area (Å²) >= 11 is -1.91. The molecule has 0 N–H and O–H groups in total. The van der Waals surface area contributed by atoms with Crippen molar-refractivity contribution < 1.29 is 21.3 Å². The van der Waals surface area contributed by atoms with Gasteiger partial charge in [0, 0.05) is 0 Å². The minimum absolute atomic E-state index is 1.15. The van der Waals surface area contributed by atoms with Crippen molar-refractivity contribution in [1.29, 1.82) is 0 Å². The van der Waals surface area contributed by atoms with Crippen LogP contribution in [0.15, 0.2) is 64.0 Å². The normalized spacial score (nSPS) is 18.1. The van der Waals surface area contributed by atoms with Crippen molar-refractivity contribution in [1.82, 2.24) is 0 Å². The van der Waals surface area contributed by atoms with Gasteiger partial charge in [-0.3, -0.25) is 0 Å². The van der Waals surface area contributed by atoms with Crippen LogP contribution in [0.3, 0.4) is 0 Å². The van der Waals surface area contributed by atoms with Gasteiger partial charge in [-0.1, -0.05) is 0 Å². The van der Waals surface area contributed by atoms with E-state index in [9.17, 15) is 0 Å². The first-order valence-electron chi connectivity index (χ1n) is 9.70. The third-order valence-corrected chi connectivity index (χ3v) is 14.0. The Labute approximate surface area is 158 Å². The van der Waals surface area contributed by atoms with Gasteiger partial charge in [0.1, 0.15) is 0 Å². The van der Waals surface area contributed by atoms with E-state index in [1.54, 1.807) is 8.83 Å². The van der Waals surface area contributed by atoms with Gasteiger partial charge in [-0.05, 0) is 0 Å². The minimum atomic E-state index is -1.91. The molecule has 0 aromatic heterocycles. The van der Waals surface area contributed by atoms with Crippen LogP contribution in [-0.4, -0.2) is 3.21 Å². The van der Waals surface area contributed by atoms with Crippen molar-refractivity contribution in [3.63, 3.8) is 0 Å². The van der Waals surface area contributed by atoms with E-state index >= 15 is 0 Å². The molecule has 1 saturated carbocycles. The van der Waals surface area contributed by atoms with E-state index in [0.29, 0.717) is 0 Å². The molecule has 0 radical (unpaired) electrons. The van der Waals surface area contributed by atoms with Gasteiger partial charge in [-0.25, -0.2) is 0 Å². The molecule has 3 aliphatic rings. The van der Waals surface area contributed by atoms with Crippen LogP contribution in [0.1, 0.15) is 49.7 Å². The SMILES string of the molecule is C1=CC[C]([Zr](=[C]2CCCCC2)[c]2cccc3c2Cc2ccccc2-3)=C1. The summed E-state index contributed by atoms with van der Waals surface area (Å²) < 4.78 is 5.57. The quantitative estimate of drug-likeness (QED) is 0.531. The van der Waals surface area contributed by atoms with Crippen LogP contribution in [0.5, 0.6) is 0 Å². The Morgan fingerprint density at radius 1 is 0.800 bits per heavy atom. The first kappa shape index (κ1) is 15.9. The molecule has 25 heavy (non-hydrogen) atoms. The Balaban J connectivity index is 1.69. The number of allylic oxidation sites excluding steroid dienone is 4. The van der Waals surface area contributed by atoms with Gasteiger partial charge >= 0.3 is 159 Å². The Bertz CT molecular complexity index is 919. The van der Waals surface area contributed by atoms with Gasteiger partial charge < -0.3 is 0 Å². The van der Waals surface area contributed by atoms with Gasteiger partial charge in [-0.2, -0.15) is 0 Å². The Hall–Kier alpha value is -1.33. The van der Waals surface area contributed by atoms with E-state index in [4.69, 9.17) is 0 Å². The molecule has 0 aliphatic heterocycles. The molecule has 0 saturated heterocycles. The fourth-order valence-corrected chi connectivity index (χ4v) is 13.2. The molecule has 1 heteroatoms. The molecule has 0 heterocycles. The molecule has 2 aromatic carbocycles. The van der Waals surface area contributed by atoms with E-state index in [1.165, 1.54) is 55.2 Å². The first-order valence-corrected chi connectivity index (χ1v) is 13.4. The number of fused-ring (bicyclic) bond motifs is 3. The van der Waals surface area contributed by atoms with Crippen molar-refractivity contribution in [2.24, 2.45) is 0 Å². The second-order valence-corrected chi connectivity index (χ2v) is 14.0. The van der Waals surface area contributed by atoms with Crippen LogP contribution < -0.4 is 3.27 Å². The Morgan fingerprint density at radius 2 is 1.64 bits per heavy atom. The van der Waals surface area contributed by atoms with E-state index in [-0.39, 0.29) is 0 Å². The fourth-order valence-electron chi connectivity index (χ4n) is 4.84. The van der Waals surface area contributed by atoms with Gasteiger partial charge in [-0.15, -0.1) is 0 Å². The van der Waals surface area contributed by atoms with E-state index < -0.39 is 21.3 Å². The fraction of sp³-hybridized carbons (Fsp3) is 0.292. The molecule has 124 valence electrons. The first-order chi connectivity index (χ1) is 12.4. The summed E-state index contributed by atoms with van der Waals surface area (Å²) in [6.07, 6.45) is 16.6. The summed E-state index contributed by atoms with van der Waals surface area (Å²) in [5, 5.41) is 0. The number of benzene rings is 2. The van der Waals surface area contributed by atoms with E-state index in [1.807, 2.05) is 6.49 Å². The third kappa shape index (κ3) is 2.81. The van der Waals surface area contributed by atoms with Crippen molar-refractivity contribution in [2.75, 3.05) is 0 Å². The van der Waals surface area contributed by atoms with E-state index in [2.05, 4.69) is 60.7 Å². The zero-order valence-electron chi connectivity index (χ0n) is 14.7. The average Bonchev–Trinajstić information content (AvgIpc) is 3.31. The van der Waals surface area contributed by atoms with Crippen LogP contribution in [0.4, 0.5) is 0 Å². The second kappa shape index (κ2) is 6.77. The molecule has 0 unspecified atom stereocenters. The van der Waals surface area contributed by atoms with Crippen LogP contribution in [-0.2, 0) is 27.7 Å². The molecule has 0 amide bonds. The molecule has 3 aliphatic carbocycles. The summed E-state index contributed by atoms with van der Waals surface area (Å²) in [7, 11) is 0. The zero-order chi connectivity index (χ0) is 16.6. The maximum atomic E-state index is 2.50. The molecule has 5 rings (SSSR count). The monoisotopic (exact) mass is 402 g/mol. The average molecular weight is 404 g/mol. The molecule has 0 atom stereocenters. The second-order valence-electron chi connectivity index (χ2n) is 7.53. The van der Waals surface area contributed by atoms with Crippen molar-refractivity contribution in [3.05, 3.63) is 75.1 Å². The third-order valence-electron chi connectivity index (χ3n) is 6.02. The van der Waals surface area contributed by atoms with Gasteiger partial charge in [0.25, 0.3) is 0 Å². The van der Waals surface area contributed by atoms with Crippen LogP contribution in [0.25, 0.3) is 11.1 Å². The van der Waals surface area contributed by atoms with Gasteiger partial charge in [0.05, 0.1) is 0 Å². The molecule has 1 fully saturated rings. The molecule has 0 bridgehead atoms. The topological polar surface area (TPSA) is 0 Å². The van der Waals surface area contributed by atoms with Crippen LogP contribution >= 0.6 is 0 Å². The van der Waals surface area contributed by atoms with Crippen molar-refractivity contribution in [3.8, 4) is 11.1 Å². The van der Waals surface area contributed by atoms with Crippen molar-refractivity contribution in [2.45, 2.75) is 44.9 Å². The predicted octanol–water partition coefficient (Wildman–Crippen LogP) is 5.48. The summed E-state index contributed by atoms with van der Waals surface area (Å²) in [6, 6.07) is 16.2. The summed E-state index contributed by atoms with van der Waals surface area (Å²) in [5.74, 6) is 0. The molecule has 0 nitrogen and oxygen atoms in total. The van der Waals surface area contributed by atoms with E-state index in [0.717, 1.165) is 6.42 Å². The molecular formula is C24H24Zr. The summed E-state index contributed by atoms with van der Waals surface area (Å²) in [5.41, 5.74) is 6.20. The zero-order valence-corrected chi connectivity index (χ0v) is 17.2. The predicted molar refractivity (Wildman–Crippen MR) is 104 cm³/mol. The van der Waals surface area contributed by atoms with Crippen molar-refractivity contribution >= 4 is 6.48 Å². The Kier molecular flexibility index (Phi) is 4.30. The number of hydrogen-bond acceptors (Lipinski definition) is 0. The van der Waals surface area contributed by atoms with Gasteiger partial charge in [0.2, 0.25) is 0 Å². The van der Waals surface area contributed by atoms with Gasteiger partial charge in [0.15, 0.2) is 0 Å². The summed E-state index contributed by atoms with van der Waals surface area (Å²) in [6.45, 7) is 0.